The zero-order chi connectivity index (χ0) is 18.4. The lowest BCUT2D eigenvalue weighted by Crippen LogP contribution is -2.32. The third kappa shape index (κ3) is 5.02. The predicted molar refractivity (Wildman–Crippen MR) is 92.6 cm³/mol. The second kappa shape index (κ2) is 8.44. The van der Waals surface area contributed by atoms with Crippen LogP contribution in [0.4, 0.5) is 0 Å². The number of hydrogen-bond acceptors (Lipinski definition) is 5. The van der Waals surface area contributed by atoms with Crippen molar-refractivity contribution in [3.63, 3.8) is 0 Å². The van der Waals surface area contributed by atoms with Crippen LogP contribution in [0.2, 0.25) is 0 Å². The maximum atomic E-state index is 12.8. The quantitative estimate of drug-likeness (QED) is 0.736. The molecule has 0 saturated carbocycles. The van der Waals surface area contributed by atoms with E-state index < -0.39 is 16.0 Å². The van der Waals surface area contributed by atoms with Crippen molar-refractivity contribution in [3.05, 3.63) is 29.8 Å². The van der Waals surface area contributed by atoms with E-state index in [2.05, 4.69) is 0 Å². The highest BCUT2D eigenvalue weighted by atomic mass is 32.2. The van der Waals surface area contributed by atoms with Crippen LogP contribution in [-0.2, 0) is 19.6 Å². The van der Waals surface area contributed by atoms with E-state index in [9.17, 15) is 18.0 Å². The number of nitrogens with zero attached hydrogens (tertiary/aromatic N) is 2. The Labute approximate surface area is 148 Å². The Balaban J connectivity index is 2.14. The first kappa shape index (κ1) is 19.4. The van der Waals surface area contributed by atoms with Gasteiger partial charge in [0.05, 0.1) is 10.5 Å². The zero-order valence-corrected chi connectivity index (χ0v) is 15.4. The summed E-state index contributed by atoms with van der Waals surface area (Å²) in [6.45, 7) is 0.609. The van der Waals surface area contributed by atoms with Gasteiger partial charge in [-0.15, -0.1) is 0 Å². The van der Waals surface area contributed by atoms with E-state index in [4.69, 9.17) is 4.74 Å². The van der Waals surface area contributed by atoms with Gasteiger partial charge < -0.3 is 9.64 Å². The fourth-order valence-electron chi connectivity index (χ4n) is 2.55. The highest BCUT2D eigenvalue weighted by Gasteiger charge is 2.26. The minimum atomic E-state index is -3.64. The molecule has 1 aromatic rings. The van der Waals surface area contributed by atoms with Crippen molar-refractivity contribution in [1.82, 2.24) is 9.21 Å². The molecule has 7 nitrogen and oxygen atoms in total. The Hall–Kier alpha value is -1.93. The highest BCUT2D eigenvalue weighted by molar-refractivity contribution is 7.89. The highest BCUT2D eigenvalue weighted by Crippen LogP contribution is 2.21. The molecule has 2 rings (SSSR count). The Morgan fingerprint density at radius 2 is 1.76 bits per heavy atom. The number of carbonyl (C=O) groups excluding carboxylic acids is 2. The second-order valence-electron chi connectivity index (χ2n) is 6.21. The molecule has 1 saturated heterocycles. The maximum absolute atomic E-state index is 12.8. The maximum Gasteiger partial charge on any atom is 0.338 e. The topological polar surface area (TPSA) is 84.0 Å². The molecule has 25 heavy (non-hydrogen) atoms. The van der Waals surface area contributed by atoms with Gasteiger partial charge in [0.1, 0.15) is 0 Å². The first-order chi connectivity index (χ1) is 11.8. The van der Waals surface area contributed by atoms with Crippen LogP contribution < -0.4 is 0 Å². The summed E-state index contributed by atoms with van der Waals surface area (Å²) >= 11 is 0. The summed E-state index contributed by atoms with van der Waals surface area (Å²) in [6.07, 6.45) is 3.73. The Bertz CT molecular complexity index is 722. The first-order valence-corrected chi connectivity index (χ1v) is 9.74. The smallest absolute Gasteiger partial charge is 0.338 e. The van der Waals surface area contributed by atoms with Crippen molar-refractivity contribution in [2.45, 2.75) is 30.6 Å². The molecule has 1 aliphatic heterocycles. The second-order valence-corrected chi connectivity index (χ2v) is 8.15. The van der Waals surface area contributed by atoms with Crippen LogP contribution in [0.5, 0.6) is 0 Å². The molecule has 0 bridgehead atoms. The van der Waals surface area contributed by atoms with E-state index in [-0.39, 0.29) is 23.0 Å². The summed E-state index contributed by atoms with van der Waals surface area (Å²) in [5.41, 5.74) is 0.113. The molecule has 0 aliphatic carbocycles. The van der Waals surface area contributed by atoms with Crippen LogP contribution in [0.1, 0.15) is 36.0 Å². The monoisotopic (exact) mass is 368 g/mol. The van der Waals surface area contributed by atoms with E-state index in [0.29, 0.717) is 13.1 Å². The van der Waals surface area contributed by atoms with Gasteiger partial charge in [-0.2, -0.15) is 4.31 Å². The molecule has 1 heterocycles. The average Bonchev–Trinajstić information content (AvgIpc) is 2.89. The molecule has 0 spiro atoms. The van der Waals surface area contributed by atoms with Crippen LogP contribution in [-0.4, -0.2) is 63.3 Å². The van der Waals surface area contributed by atoms with Gasteiger partial charge >= 0.3 is 5.97 Å². The first-order valence-electron chi connectivity index (χ1n) is 8.30. The fraction of sp³-hybridized carbons (Fsp3) is 0.529. The number of esters is 1. The molecular weight excluding hydrogens is 344 g/mol. The molecule has 0 unspecified atom stereocenters. The lowest BCUT2D eigenvalue weighted by atomic mass is 10.2. The van der Waals surface area contributed by atoms with E-state index in [1.54, 1.807) is 14.1 Å². The zero-order valence-electron chi connectivity index (χ0n) is 14.6. The molecular formula is C17H24N2O5S. The number of amides is 1. The molecule has 1 aromatic carbocycles. The Morgan fingerprint density at radius 3 is 2.36 bits per heavy atom. The lowest BCUT2D eigenvalue weighted by Gasteiger charge is -2.20. The van der Waals surface area contributed by atoms with Gasteiger partial charge in [-0.25, -0.2) is 13.2 Å². The van der Waals surface area contributed by atoms with Crippen LogP contribution in [0.3, 0.4) is 0 Å². The largest absolute Gasteiger partial charge is 0.452 e. The lowest BCUT2D eigenvalue weighted by molar-refractivity contribution is -0.131. The molecule has 0 aromatic heterocycles. The van der Waals surface area contributed by atoms with Gasteiger partial charge in [0.15, 0.2) is 6.61 Å². The van der Waals surface area contributed by atoms with Crippen LogP contribution in [0, 0.1) is 0 Å². The number of hydrogen-bond donors (Lipinski definition) is 0. The Morgan fingerprint density at radius 1 is 1.12 bits per heavy atom. The predicted octanol–water partition coefficient (Wildman–Crippen LogP) is 1.50. The molecule has 1 fully saturated rings. The normalized spacial score (nSPS) is 16.1. The summed E-state index contributed by atoms with van der Waals surface area (Å²) in [5, 5.41) is 0. The number of likely N-dealkylation sites (N-methyl/N-ethyl adjacent to an activating group) is 1. The van der Waals surface area contributed by atoms with Gasteiger partial charge in [0.2, 0.25) is 10.0 Å². The average molecular weight is 368 g/mol. The summed E-state index contributed by atoms with van der Waals surface area (Å²) in [7, 11) is -0.516. The van der Waals surface area contributed by atoms with Crippen molar-refractivity contribution < 1.29 is 22.7 Å². The summed E-state index contributed by atoms with van der Waals surface area (Å²) in [6, 6.07) is 5.77. The molecule has 1 amide bonds. The van der Waals surface area contributed by atoms with Crippen molar-refractivity contribution in [2.75, 3.05) is 33.8 Å². The molecule has 1 aliphatic rings. The summed E-state index contributed by atoms with van der Waals surface area (Å²) in [4.78, 5) is 25.0. The minimum Gasteiger partial charge on any atom is -0.452 e. The molecule has 0 atom stereocenters. The number of carbonyl (C=O) groups is 2. The van der Waals surface area contributed by atoms with E-state index in [1.165, 1.54) is 33.5 Å². The number of ether oxygens (including phenoxy) is 1. The van der Waals surface area contributed by atoms with Gasteiger partial charge in [-0.1, -0.05) is 18.9 Å². The number of rotatable bonds is 5. The van der Waals surface area contributed by atoms with Crippen molar-refractivity contribution in [3.8, 4) is 0 Å². The van der Waals surface area contributed by atoms with Gasteiger partial charge in [-0.3, -0.25) is 4.79 Å². The minimum absolute atomic E-state index is 0.0720. The standard InChI is InChI=1S/C17H24N2O5S/c1-18(2)16(20)13-24-17(21)14-8-7-9-15(12-14)25(22,23)19-10-5-3-4-6-11-19/h7-9,12H,3-6,10-11,13H2,1-2H3. The third-order valence-corrected chi connectivity index (χ3v) is 5.99. The third-order valence-electron chi connectivity index (χ3n) is 4.10. The molecule has 0 N–H and O–H groups in total. The van der Waals surface area contributed by atoms with Crippen LogP contribution in [0.25, 0.3) is 0 Å². The van der Waals surface area contributed by atoms with Gasteiger partial charge in [0.25, 0.3) is 5.91 Å². The van der Waals surface area contributed by atoms with E-state index in [1.807, 2.05) is 0 Å². The molecule has 138 valence electrons. The van der Waals surface area contributed by atoms with Crippen molar-refractivity contribution in [1.29, 1.82) is 0 Å². The summed E-state index contributed by atoms with van der Waals surface area (Å²) in [5.74, 6) is -1.06. The molecule has 0 radical (unpaired) electrons. The van der Waals surface area contributed by atoms with E-state index >= 15 is 0 Å². The number of sulfonamides is 1. The van der Waals surface area contributed by atoms with E-state index in [0.717, 1.165) is 25.7 Å². The molecule has 8 heteroatoms. The van der Waals surface area contributed by atoms with Crippen molar-refractivity contribution in [2.24, 2.45) is 0 Å². The fourth-order valence-corrected chi connectivity index (χ4v) is 4.12. The van der Waals surface area contributed by atoms with Gasteiger partial charge in [0, 0.05) is 27.2 Å². The van der Waals surface area contributed by atoms with Crippen molar-refractivity contribution >= 4 is 21.9 Å². The van der Waals surface area contributed by atoms with Crippen LogP contribution in [0.15, 0.2) is 29.2 Å². The Kier molecular flexibility index (Phi) is 6.55. The van der Waals surface area contributed by atoms with Gasteiger partial charge in [-0.05, 0) is 31.0 Å². The van der Waals surface area contributed by atoms with Crippen LogP contribution >= 0.6 is 0 Å². The number of benzene rings is 1. The SMILES string of the molecule is CN(C)C(=O)COC(=O)c1cccc(S(=O)(=O)N2CCCCCC2)c1. The summed E-state index contributed by atoms with van der Waals surface area (Å²) < 4.78 is 32.0.